The zero-order chi connectivity index (χ0) is 8.31. The molecule has 0 heterocycles. The zero-order valence-corrected chi connectivity index (χ0v) is 9.61. The van der Waals surface area contributed by atoms with Crippen LogP contribution in [0.5, 0.6) is 0 Å². The summed E-state index contributed by atoms with van der Waals surface area (Å²) in [5, 5.41) is 8.43. The van der Waals surface area contributed by atoms with E-state index in [0.717, 1.165) is 0 Å². The van der Waals surface area contributed by atoms with Gasteiger partial charge in [-0.2, -0.15) is 0 Å². The highest BCUT2D eigenvalue weighted by molar-refractivity contribution is 9.25. The number of carboxylic acid groups (broad SMARTS) is 1. The first kappa shape index (κ1) is 10.7. The van der Waals surface area contributed by atoms with Crippen LogP contribution < -0.4 is 0 Å². The lowest BCUT2D eigenvalue weighted by Crippen LogP contribution is -2.16. The van der Waals surface area contributed by atoms with E-state index in [2.05, 4.69) is 54.4 Å². The lowest BCUT2D eigenvalue weighted by molar-refractivity contribution is -0.132. The van der Waals surface area contributed by atoms with Gasteiger partial charge < -0.3 is 5.11 Å². The Morgan fingerprint density at radius 1 is 1.40 bits per heavy atom. The fourth-order valence-corrected chi connectivity index (χ4v) is 1.10. The van der Waals surface area contributed by atoms with Crippen LogP contribution in [-0.2, 0) is 4.79 Å². The van der Waals surface area contributed by atoms with E-state index >= 15 is 0 Å². The van der Waals surface area contributed by atoms with Crippen LogP contribution in [0, 0.1) is 0 Å². The van der Waals surface area contributed by atoms with Crippen LogP contribution in [0.15, 0.2) is 12.2 Å². The molecular formula is C5H5Br3O2. The molecule has 0 spiro atoms. The van der Waals surface area contributed by atoms with E-state index in [4.69, 9.17) is 5.11 Å². The molecule has 0 bridgehead atoms. The van der Waals surface area contributed by atoms with Crippen molar-refractivity contribution >= 4 is 53.8 Å². The van der Waals surface area contributed by atoms with E-state index in [-0.39, 0.29) is 14.1 Å². The molecule has 2 nitrogen and oxygen atoms in total. The summed E-state index contributed by atoms with van der Waals surface area (Å²) in [6.45, 7) is 3.37. The third-order valence-electron chi connectivity index (χ3n) is 0.829. The van der Waals surface area contributed by atoms with E-state index in [0.29, 0.717) is 0 Å². The summed E-state index contributed by atoms with van der Waals surface area (Å²) in [7, 11) is 0. The smallest absolute Gasteiger partial charge is 0.332 e. The monoisotopic (exact) mass is 334 g/mol. The molecule has 58 valence electrons. The van der Waals surface area contributed by atoms with Gasteiger partial charge in [0, 0.05) is 5.57 Å². The summed E-state index contributed by atoms with van der Waals surface area (Å²) in [6, 6.07) is 0. The maximum atomic E-state index is 10.3. The second kappa shape index (κ2) is 4.51. The number of carbonyl (C=O) groups is 1. The summed E-state index contributed by atoms with van der Waals surface area (Å²) in [5.74, 6) is -0.995. The summed E-state index contributed by atoms with van der Waals surface area (Å²) < 4.78 is -0.108. The molecule has 0 aliphatic rings. The Morgan fingerprint density at radius 2 is 1.80 bits per heavy atom. The molecule has 0 saturated heterocycles. The molecule has 0 amide bonds. The van der Waals surface area contributed by atoms with Gasteiger partial charge in [0.25, 0.3) is 0 Å². The van der Waals surface area contributed by atoms with Crippen molar-refractivity contribution in [3.8, 4) is 0 Å². The third-order valence-corrected chi connectivity index (χ3v) is 4.39. The highest BCUT2D eigenvalue weighted by Gasteiger charge is 2.20. The Balaban J connectivity index is 4.08. The van der Waals surface area contributed by atoms with Crippen LogP contribution >= 0.6 is 47.8 Å². The quantitative estimate of drug-likeness (QED) is 0.635. The zero-order valence-electron chi connectivity index (χ0n) is 4.85. The number of hydrogen-bond acceptors (Lipinski definition) is 1. The Bertz CT molecular complexity index is 155. The van der Waals surface area contributed by atoms with Crippen molar-refractivity contribution in [3.05, 3.63) is 12.2 Å². The average molecular weight is 337 g/mol. The SMILES string of the molecule is C=C(C(=O)O)C(Br)C(Br)Br. The van der Waals surface area contributed by atoms with Crippen molar-refractivity contribution in [3.63, 3.8) is 0 Å². The Kier molecular flexibility index (Phi) is 4.81. The number of carboxylic acids is 1. The second-order valence-corrected chi connectivity index (χ2v) is 5.75. The first-order valence-corrected chi connectivity index (χ1v) is 5.05. The van der Waals surface area contributed by atoms with Crippen molar-refractivity contribution in [1.82, 2.24) is 0 Å². The molecule has 1 N–H and O–H groups in total. The van der Waals surface area contributed by atoms with Gasteiger partial charge in [0.15, 0.2) is 0 Å². The molecule has 0 aromatic carbocycles. The molecule has 0 aromatic rings. The Morgan fingerprint density at radius 3 is 1.90 bits per heavy atom. The molecule has 0 fully saturated rings. The summed E-state index contributed by atoms with van der Waals surface area (Å²) >= 11 is 9.44. The lowest BCUT2D eigenvalue weighted by Gasteiger charge is -2.09. The van der Waals surface area contributed by atoms with E-state index in [9.17, 15) is 4.79 Å². The van der Waals surface area contributed by atoms with Crippen LogP contribution in [0.3, 0.4) is 0 Å². The van der Waals surface area contributed by atoms with Crippen LogP contribution in [0.1, 0.15) is 0 Å². The third kappa shape index (κ3) is 3.16. The van der Waals surface area contributed by atoms with Crippen molar-refractivity contribution < 1.29 is 9.90 Å². The molecule has 0 radical (unpaired) electrons. The molecule has 1 unspecified atom stereocenters. The molecule has 0 aromatic heterocycles. The van der Waals surface area contributed by atoms with Gasteiger partial charge in [0.05, 0.1) is 8.56 Å². The van der Waals surface area contributed by atoms with Crippen LogP contribution in [0.4, 0.5) is 0 Å². The fraction of sp³-hybridized carbons (Fsp3) is 0.400. The van der Waals surface area contributed by atoms with Gasteiger partial charge >= 0.3 is 5.97 Å². The highest BCUT2D eigenvalue weighted by Crippen LogP contribution is 2.25. The normalized spacial score (nSPS) is 13.2. The van der Waals surface area contributed by atoms with Crippen LogP contribution in [0.2, 0.25) is 0 Å². The minimum absolute atomic E-state index is 0.108. The molecule has 0 aliphatic carbocycles. The summed E-state index contributed by atoms with van der Waals surface area (Å²) in [6.07, 6.45) is 0. The molecular weight excluding hydrogens is 332 g/mol. The minimum atomic E-state index is -0.995. The number of hydrogen-bond donors (Lipinski definition) is 1. The van der Waals surface area contributed by atoms with E-state index in [1.807, 2.05) is 0 Å². The van der Waals surface area contributed by atoms with Gasteiger partial charge in [-0.1, -0.05) is 54.4 Å². The minimum Gasteiger partial charge on any atom is -0.478 e. The predicted molar refractivity (Wildman–Crippen MR) is 51.1 cm³/mol. The largest absolute Gasteiger partial charge is 0.478 e. The molecule has 5 heteroatoms. The molecule has 0 saturated carbocycles. The topological polar surface area (TPSA) is 37.3 Å². The fourth-order valence-electron chi connectivity index (χ4n) is 0.270. The van der Waals surface area contributed by atoms with Crippen molar-refractivity contribution in [2.75, 3.05) is 0 Å². The summed E-state index contributed by atoms with van der Waals surface area (Å²) in [4.78, 5) is 9.99. The predicted octanol–water partition coefficient (Wildman–Crippen LogP) is 2.51. The van der Waals surface area contributed by atoms with Gasteiger partial charge in [-0.15, -0.1) is 0 Å². The highest BCUT2D eigenvalue weighted by atomic mass is 79.9. The number of aliphatic carboxylic acids is 1. The first-order chi connectivity index (χ1) is 4.46. The van der Waals surface area contributed by atoms with E-state index in [1.165, 1.54) is 0 Å². The van der Waals surface area contributed by atoms with Crippen molar-refractivity contribution in [1.29, 1.82) is 0 Å². The Labute approximate surface area is 84.1 Å². The molecule has 0 aliphatic heterocycles. The van der Waals surface area contributed by atoms with Gasteiger partial charge in [0.1, 0.15) is 0 Å². The van der Waals surface area contributed by atoms with Gasteiger partial charge in [-0.25, -0.2) is 4.79 Å². The van der Waals surface area contributed by atoms with Gasteiger partial charge in [0.2, 0.25) is 0 Å². The van der Waals surface area contributed by atoms with Crippen LogP contribution in [0.25, 0.3) is 0 Å². The lowest BCUT2D eigenvalue weighted by atomic mass is 10.2. The number of alkyl halides is 3. The maximum absolute atomic E-state index is 10.3. The maximum Gasteiger partial charge on any atom is 0.332 e. The van der Waals surface area contributed by atoms with Crippen LogP contribution in [-0.4, -0.2) is 19.6 Å². The van der Waals surface area contributed by atoms with E-state index in [1.54, 1.807) is 0 Å². The number of rotatable bonds is 3. The van der Waals surface area contributed by atoms with E-state index < -0.39 is 5.97 Å². The van der Waals surface area contributed by atoms with Crippen molar-refractivity contribution in [2.24, 2.45) is 0 Å². The Hall–Kier alpha value is 0.650. The average Bonchev–Trinajstić information content (AvgIpc) is 1.84. The first-order valence-electron chi connectivity index (χ1n) is 2.31. The van der Waals surface area contributed by atoms with Gasteiger partial charge in [-0.05, 0) is 0 Å². The second-order valence-electron chi connectivity index (χ2n) is 1.57. The number of halogens is 3. The standard InChI is InChI=1S/C5H5Br3O2/c1-2(5(9)10)3(6)4(7)8/h3-4H,1H2,(H,9,10). The molecule has 10 heavy (non-hydrogen) atoms. The summed E-state index contributed by atoms with van der Waals surface area (Å²) in [5.41, 5.74) is 0.124. The molecule has 1 atom stereocenters. The van der Waals surface area contributed by atoms with Crippen molar-refractivity contribution in [2.45, 2.75) is 8.56 Å². The molecule has 0 rings (SSSR count). The van der Waals surface area contributed by atoms with Gasteiger partial charge in [-0.3, -0.25) is 0 Å².